The van der Waals surface area contributed by atoms with Gasteiger partial charge < -0.3 is 21.4 Å². The van der Waals surface area contributed by atoms with Crippen LogP contribution >= 0.6 is 0 Å². The summed E-state index contributed by atoms with van der Waals surface area (Å²) in [5, 5.41) is 6.38. The van der Waals surface area contributed by atoms with Crippen LogP contribution in [0.25, 0.3) is 10.9 Å². The van der Waals surface area contributed by atoms with Crippen LogP contribution in [0.2, 0.25) is 0 Å². The average molecular weight is 232 g/mol. The Balaban J connectivity index is 2.21. The largest absolute Gasteiger partial charge is 0.361 e. The second-order valence-electron chi connectivity index (χ2n) is 3.83. The quantitative estimate of drug-likeness (QED) is 0.638. The zero-order valence-electron chi connectivity index (χ0n) is 9.71. The molecule has 0 spiro atoms. The van der Waals surface area contributed by atoms with Gasteiger partial charge in [-0.15, -0.1) is 0 Å². The predicted octanol–water partition coefficient (Wildman–Crippen LogP) is 1.06. The van der Waals surface area contributed by atoms with Gasteiger partial charge in [0.15, 0.2) is 0 Å². The van der Waals surface area contributed by atoms with Crippen LogP contribution in [0.3, 0.4) is 0 Å². The van der Waals surface area contributed by atoms with E-state index in [4.69, 9.17) is 5.73 Å². The fourth-order valence-corrected chi connectivity index (χ4v) is 1.78. The summed E-state index contributed by atoms with van der Waals surface area (Å²) >= 11 is 0. The summed E-state index contributed by atoms with van der Waals surface area (Å²) in [5.74, 6) is 0. The molecular formula is C12H16N4O. The van der Waals surface area contributed by atoms with Crippen LogP contribution in [-0.4, -0.2) is 18.1 Å². The highest BCUT2D eigenvalue weighted by molar-refractivity contribution is 5.84. The summed E-state index contributed by atoms with van der Waals surface area (Å²) < 4.78 is 0. The summed E-state index contributed by atoms with van der Waals surface area (Å²) in [6, 6.07) is 5.84. The lowest BCUT2D eigenvalue weighted by molar-refractivity contribution is 0.242. The van der Waals surface area contributed by atoms with Crippen molar-refractivity contribution in [3.05, 3.63) is 35.5 Å². The molecule has 0 saturated heterocycles. The Bertz CT molecular complexity index is 532. The van der Waals surface area contributed by atoms with Crippen molar-refractivity contribution in [3.63, 3.8) is 0 Å². The maximum Gasteiger partial charge on any atom is 0.314 e. The molecule has 2 aromatic rings. The molecule has 90 valence electrons. The summed E-state index contributed by atoms with van der Waals surface area (Å²) in [7, 11) is 1.59. The standard InChI is InChI=1S/C12H16N4O/c1-14-12(17)16-6-8-2-3-11-10(4-8)9(5-13)7-15-11/h2-4,7,15H,5-6,13H2,1H3,(H2,14,16,17). The van der Waals surface area contributed by atoms with Gasteiger partial charge in [-0.1, -0.05) is 6.07 Å². The SMILES string of the molecule is CNC(=O)NCc1ccc2[nH]cc(CN)c2c1. The van der Waals surface area contributed by atoms with Gasteiger partial charge >= 0.3 is 6.03 Å². The third-order valence-electron chi connectivity index (χ3n) is 2.73. The molecule has 5 N–H and O–H groups in total. The highest BCUT2D eigenvalue weighted by Gasteiger charge is 2.04. The number of amides is 2. The molecule has 17 heavy (non-hydrogen) atoms. The van der Waals surface area contributed by atoms with Gasteiger partial charge in [0.05, 0.1) is 0 Å². The molecule has 1 heterocycles. The van der Waals surface area contributed by atoms with E-state index >= 15 is 0 Å². The van der Waals surface area contributed by atoms with Crippen molar-refractivity contribution in [2.45, 2.75) is 13.1 Å². The van der Waals surface area contributed by atoms with Gasteiger partial charge in [-0.3, -0.25) is 0 Å². The topological polar surface area (TPSA) is 82.9 Å². The van der Waals surface area contributed by atoms with Crippen molar-refractivity contribution in [2.75, 3.05) is 7.05 Å². The van der Waals surface area contributed by atoms with Gasteiger partial charge in [-0.05, 0) is 23.3 Å². The zero-order chi connectivity index (χ0) is 12.3. The van der Waals surface area contributed by atoms with E-state index < -0.39 is 0 Å². The van der Waals surface area contributed by atoms with E-state index in [1.54, 1.807) is 7.05 Å². The van der Waals surface area contributed by atoms with E-state index in [9.17, 15) is 4.79 Å². The van der Waals surface area contributed by atoms with E-state index in [2.05, 4.69) is 15.6 Å². The first-order valence-corrected chi connectivity index (χ1v) is 5.49. The molecule has 5 nitrogen and oxygen atoms in total. The maximum absolute atomic E-state index is 11.1. The number of aromatic nitrogens is 1. The Morgan fingerprint density at radius 2 is 2.29 bits per heavy atom. The molecule has 0 saturated carbocycles. The second kappa shape index (κ2) is 4.88. The Labute approximate surface area is 99.4 Å². The van der Waals surface area contributed by atoms with Crippen molar-refractivity contribution in [2.24, 2.45) is 5.73 Å². The van der Waals surface area contributed by atoms with E-state index in [0.29, 0.717) is 13.1 Å². The zero-order valence-corrected chi connectivity index (χ0v) is 9.71. The number of hydrogen-bond acceptors (Lipinski definition) is 2. The molecule has 0 radical (unpaired) electrons. The smallest absolute Gasteiger partial charge is 0.314 e. The number of benzene rings is 1. The third kappa shape index (κ3) is 2.39. The number of nitrogens with one attached hydrogen (secondary N) is 3. The Hall–Kier alpha value is -2.01. The third-order valence-corrected chi connectivity index (χ3v) is 2.73. The monoisotopic (exact) mass is 232 g/mol. The maximum atomic E-state index is 11.1. The highest BCUT2D eigenvalue weighted by Crippen LogP contribution is 2.19. The van der Waals surface area contributed by atoms with Crippen molar-refractivity contribution in [1.29, 1.82) is 0 Å². The number of rotatable bonds is 3. The first kappa shape index (κ1) is 11.5. The molecular weight excluding hydrogens is 216 g/mol. The van der Waals surface area contributed by atoms with E-state index in [1.807, 2.05) is 24.4 Å². The molecule has 0 unspecified atom stereocenters. The van der Waals surface area contributed by atoms with Crippen molar-refractivity contribution < 1.29 is 4.79 Å². The Morgan fingerprint density at radius 1 is 1.47 bits per heavy atom. The lowest BCUT2D eigenvalue weighted by atomic mass is 10.1. The van der Waals surface area contributed by atoms with Crippen LogP contribution in [0.5, 0.6) is 0 Å². The van der Waals surface area contributed by atoms with Crippen LogP contribution in [0.15, 0.2) is 24.4 Å². The van der Waals surface area contributed by atoms with E-state index in [-0.39, 0.29) is 6.03 Å². The first-order valence-electron chi connectivity index (χ1n) is 5.49. The van der Waals surface area contributed by atoms with Gasteiger partial charge in [0.25, 0.3) is 0 Å². The molecule has 0 bridgehead atoms. The molecule has 5 heteroatoms. The van der Waals surface area contributed by atoms with Gasteiger partial charge in [0.1, 0.15) is 0 Å². The van der Waals surface area contributed by atoms with Crippen LogP contribution in [-0.2, 0) is 13.1 Å². The van der Waals surface area contributed by atoms with Crippen molar-refractivity contribution in [1.82, 2.24) is 15.6 Å². The number of H-pyrrole nitrogens is 1. The molecule has 1 aromatic heterocycles. The normalized spacial score (nSPS) is 10.5. The van der Waals surface area contributed by atoms with Gasteiger partial charge in [0, 0.05) is 37.2 Å². The molecule has 0 aliphatic heterocycles. The minimum Gasteiger partial charge on any atom is -0.361 e. The number of carbonyl (C=O) groups excluding carboxylic acids is 1. The molecule has 0 atom stereocenters. The van der Waals surface area contributed by atoms with Gasteiger partial charge in [-0.2, -0.15) is 0 Å². The van der Waals surface area contributed by atoms with Crippen LogP contribution in [0.4, 0.5) is 4.79 Å². The van der Waals surface area contributed by atoms with Gasteiger partial charge in [0.2, 0.25) is 0 Å². The first-order chi connectivity index (χ1) is 8.24. The summed E-state index contributed by atoms with van der Waals surface area (Å²) in [6.07, 6.45) is 1.92. The number of aromatic amines is 1. The Morgan fingerprint density at radius 3 is 3.00 bits per heavy atom. The number of urea groups is 1. The fraction of sp³-hybridized carbons (Fsp3) is 0.250. The molecule has 2 amide bonds. The fourth-order valence-electron chi connectivity index (χ4n) is 1.78. The number of nitrogens with two attached hydrogens (primary N) is 1. The molecule has 1 aromatic carbocycles. The van der Waals surface area contributed by atoms with Crippen molar-refractivity contribution >= 4 is 16.9 Å². The number of carbonyl (C=O) groups is 1. The van der Waals surface area contributed by atoms with Crippen LogP contribution in [0.1, 0.15) is 11.1 Å². The van der Waals surface area contributed by atoms with E-state index in [0.717, 1.165) is 22.0 Å². The average Bonchev–Trinajstić information content (AvgIpc) is 2.78. The van der Waals surface area contributed by atoms with Gasteiger partial charge in [-0.25, -0.2) is 4.79 Å². The minimum absolute atomic E-state index is 0.182. The lowest BCUT2D eigenvalue weighted by Gasteiger charge is -2.05. The summed E-state index contributed by atoms with van der Waals surface area (Å²) in [4.78, 5) is 14.2. The number of hydrogen-bond donors (Lipinski definition) is 4. The minimum atomic E-state index is -0.182. The predicted molar refractivity (Wildman–Crippen MR) is 67.5 cm³/mol. The summed E-state index contributed by atoms with van der Waals surface area (Å²) in [6.45, 7) is 1.01. The van der Waals surface area contributed by atoms with Crippen molar-refractivity contribution in [3.8, 4) is 0 Å². The van der Waals surface area contributed by atoms with Crippen LogP contribution < -0.4 is 16.4 Å². The highest BCUT2D eigenvalue weighted by atomic mass is 16.2. The molecule has 0 aliphatic carbocycles. The number of fused-ring (bicyclic) bond motifs is 1. The summed E-state index contributed by atoms with van der Waals surface area (Å²) in [5.41, 5.74) is 8.85. The Kier molecular flexibility index (Phi) is 3.30. The van der Waals surface area contributed by atoms with Crippen LogP contribution in [0, 0.1) is 0 Å². The second-order valence-corrected chi connectivity index (χ2v) is 3.83. The van der Waals surface area contributed by atoms with E-state index in [1.165, 1.54) is 0 Å². The molecule has 2 rings (SSSR count). The molecule has 0 fully saturated rings. The molecule has 0 aliphatic rings. The lowest BCUT2D eigenvalue weighted by Crippen LogP contribution is -2.32.